The molecule has 26 heavy (non-hydrogen) atoms. The molecule has 0 aliphatic carbocycles. The van der Waals surface area contributed by atoms with E-state index in [1.54, 1.807) is 42.5 Å². The highest BCUT2D eigenvalue weighted by Crippen LogP contribution is 2.25. The summed E-state index contributed by atoms with van der Waals surface area (Å²) < 4.78 is 5.07. The highest BCUT2D eigenvalue weighted by Gasteiger charge is 2.39. The molecule has 2 aromatic rings. The van der Waals surface area contributed by atoms with Gasteiger partial charge in [0.05, 0.1) is 19.2 Å². The van der Waals surface area contributed by atoms with Crippen LogP contribution in [0, 0.1) is 0 Å². The van der Waals surface area contributed by atoms with Crippen molar-refractivity contribution in [1.82, 2.24) is 10.9 Å². The van der Waals surface area contributed by atoms with Gasteiger partial charge in [0.2, 0.25) is 5.91 Å². The van der Waals surface area contributed by atoms with Crippen LogP contribution in [0.1, 0.15) is 16.8 Å². The van der Waals surface area contributed by atoms with E-state index in [0.717, 1.165) is 4.90 Å². The first kappa shape index (κ1) is 17.9. The molecule has 1 aliphatic heterocycles. The molecule has 8 heteroatoms. The minimum Gasteiger partial charge on any atom is -0.497 e. The molecule has 0 bridgehead atoms. The summed E-state index contributed by atoms with van der Waals surface area (Å²) in [6.07, 6.45) is -0.0657. The third-order valence-corrected chi connectivity index (χ3v) is 4.14. The van der Waals surface area contributed by atoms with Crippen molar-refractivity contribution in [3.63, 3.8) is 0 Å². The maximum absolute atomic E-state index is 12.5. The topological polar surface area (TPSA) is 87.7 Å². The summed E-state index contributed by atoms with van der Waals surface area (Å²) in [6, 6.07) is 12.2. The van der Waals surface area contributed by atoms with Crippen LogP contribution < -0.4 is 20.5 Å². The standard InChI is InChI=1S/C18H16ClN3O4/c1-26-14-7-2-4-11(8-14)17(24)21-20-15-10-16(23)22(18(15)25)13-6-3-5-12(19)9-13/h2-9,15,20H,10H2,1H3,(H,21,24)/t15-/m1/s1. The normalized spacial score (nSPS) is 16.7. The van der Waals surface area contributed by atoms with Gasteiger partial charge in [0.25, 0.3) is 11.8 Å². The first-order chi connectivity index (χ1) is 12.5. The van der Waals surface area contributed by atoms with E-state index in [9.17, 15) is 14.4 Å². The van der Waals surface area contributed by atoms with Crippen molar-refractivity contribution < 1.29 is 19.1 Å². The van der Waals surface area contributed by atoms with Crippen LogP contribution in [-0.4, -0.2) is 30.9 Å². The number of nitrogens with one attached hydrogen (secondary N) is 2. The second-order valence-electron chi connectivity index (χ2n) is 5.63. The molecule has 1 heterocycles. The van der Waals surface area contributed by atoms with Gasteiger partial charge in [-0.15, -0.1) is 0 Å². The van der Waals surface area contributed by atoms with Crippen molar-refractivity contribution in [2.24, 2.45) is 0 Å². The first-order valence-electron chi connectivity index (χ1n) is 7.82. The molecule has 3 amide bonds. The Morgan fingerprint density at radius 2 is 1.96 bits per heavy atom. The van der Waals surface area contributed by atoms with Crippen molar-refractivity contribution in [3.8, 4) is 5.75 Å². The molecular weight excluding hydrogens is 358 g/mol. The van der Waals surface area contributed by atoms with E-state index in [1.807, 2.05) is 0 Å². The van der Waals surface area contributed by atoms with Crippen molar-refractivity contribution in [2.75, 3.05) is 12.0 Å². The van der Waals surface area contributed by atoms with Crippen LogP contribution in [0.15, 0.2) is 48.5 Å². The molecule has 1 saturated heterocycles. The van der Waals surface area contributed by atoms with E-state index in [4.69, 9.17) is 16.3 Å². The fourth-order valence-electron chi connectivity index (χ4n) is 2.62. The van der Waals surface area contributed by atoms with Gasteiger partial charge in [-0.05, 0) is 36.4 Å². The van der Waals surface area contributed by atoms with E-state index < -0.39 is 17.9 Å². The molecule has 1 aliphatic rings. The Balaban J connectivity index is 1.66. The molecule has 7 nitrogen and oxygen atoms in total. The smallest absolute Gasteiger partial charge is 0.265 e. The number of hydrazine groups is 1. The second kappa shape index (κ2) is 7.55. The lowest BCUT2D eigenvalue weighted by Gasteiger charge is -2.16. The maximum atomic E-state index is 12.5. The molecule has 0 aromatic heterocycles. The Hall–Kier alpha value is -2.90. The molecule has 2 N–H and O–H groups in total. The summed E-state index contributed by atoms with van der Waals surface area (Å²) >= 11 is 5.92. The number of hydrogen-bond acceptors (Lipinski definition) is 5. The number of imide groups is 1. The number of ether oxygens (including phenoxy) is 1. The summed E-state index contributed by atoms with van der Waals surface area (Å²) in [5, 5.41) is 0.422. The number of nitrogens with zero attached hydrogens (tertiary/aromatic N) is 1. The Morgan fingerprint density at radius 3 is 2.69 bits per heavy atom. The van der Waals surface area contributed by atoms with E-state index in [0.29, 0.717) is 22.0 Å². The number of halogens is 1. The lowest BCUT2D eigenvalue weighted by atomic mass is 10.2. The maximum Gasteiger partial charge on any atom is 0.265 e. The van der Waals surface area contributed by atoms with Crippen molar-refractivity contribution in [3.05, 3.63) is 59.1 Å². The lowest BCUT2D eigenvalue weighted by molar-refractivity contribution is -0.121. The molecule has 1 fully saturated rings. The number of hydrogen-bond donors (Lipinski definition) is 2. The molecule has 3 rings (SSSR count). The number of benzene rings is 2. The van der Waals surface area contributed by atoms with Gasteiger partial charge in [0, 0.05) is 10.6 Å². The highest BCUT2D eigenvalue weighted by molar-refractivity contribution is 6.31. The molecule has 2 aromatic carbocycles. The average molecular weight is 374 g/mol. The zero-order chi connectivity index (χ0) is 18.7. The van der Waals surface area contributed by atoms with Gasteiger partial charge in [-0.2, -0.15) is 0 Å². The Morgan fingerprint density at radius 1 is 1.19 bits per heavy atom. The van der Waals surface area contributed by atoms with E-state index >= 15 is 0 Å². The number of carbonyl (C=O) groups is 3. The van der Waals surface area contributed by atoms with Gasteiger partial charge < -0.3 is 4.74 Å². The quantitative estimate of drug-likeness (QED) is 0.617. The Labute approximate surface area is 154 Å². The third kappa shape index (κ3) is 3.68. The number of anilines is 1. The number of methoxy groups -OCH3 is 1. The van der Waals surface area contributed by atoms with Crippen LogP contribution in [0.25, 0.3) is 0 Å². The summed E-state index contributed by atoms with van der Waals surface area (Å²) in [5.41, 5.74) is 5.84. The zero-order valence-corrected chi connectivity index (χ0v) is 14.6. The molecule has 0 unspecified atom stereocenters. The predicted octanol–water partition coefficient (Wildman–Crippen LogP) is 1.92. The Kier molecular flexibility index (Phi) is 5.20. The van der Waals surface area contributed by atoms with Crippen LogP contribution in [0.4, 0.5) is 5.69 Å². The van der Waals surface area contributed by atoms with E-state index in [2.05, 4.69) is 10.9 Å². The summed E-state index contributed by atoms with van der Waals surface area (Å²) in [7, 11) is 1.50. The second-order valence-corrected chi connectivity index (χ2v) is 6.07. The Bertz CT molecular complexity index is 871. The van der Waals surface area contributed by atoms with Crippen molar-refractivity contribution >= 4 is 35.0 Å². The van der Waals surface area contributed by atoms with Gasteiger partial charge in [0.1, 0.15) is 11.8 Å². The van der Waals surface area contributed by atoms with Crippen LogP contribution >= 0.6 is 11.6 Å². The minimum absolute atomic E-state index is 0.0657. The van der Waals surface area contributed by atoms with Crippen LogP contribution in [0.2, 0.25) is 5.02 Å². The van der Waals surface area contributed by atoms with Crippen LogP contribution in [-0.2, 0) is 9.59 Å². The fraction of sp³-hybridized carbons (Fsp3) is 0.167. The lowest BCUT2D eigenvalue weighted by Crippen LogP contribution is -2.48. The van der Waals surface area contributed by atoms with Gasteiger partial charge in [-0.3, -0.25) is 19.8 Å². The van der Waals surface area contributed by atoms with Crippen molar-refractivity contribution in [2.45, 2.75) is 12.5 Å². The predicted molar refractivity (Wildman–Crippen MR) is 95.9 cm³/mol. The van der Waals surface area contributed by atoms with E-state index in [-0.39, 0.29) is 12.3 Å². The number of carbonyl (C=O) groups excluding carboxylic acids is 3. The number of amides is 3. The van der Waals surface area contributed by atoms with Crippen LogP contribution in [0.3, 0.4) is 0 Å². The zero-order valence-electron chi connectivity index (χ0n) is 13.9. The molecule has 1 atom stereocenters. The summed E-state index contributed by atoms with van der Waals surface area (Å²) in [6.45, 7) is 0. The molecule has 0 saturated carbocycles. The average Bonchev–Trinajstić information content (AvgIpc) is 2.93. The SMILES string of the molecule is COc1cccc(C(=O)NN[C@@H]2CC(=O)N(c3cccc(Cl)c3)C2=O)c1. The fourth-order valence-corrected chi connectivity index (χ4v) is 2.80. The molecular formula is C18H16ClN3O4. The summed E-state index contributed by atoms with van der Waals surface area (Å²) in [5.74, 6) is -0.726. The van der Waals surface area contributed by atoms with Gasteiger partial charge in [-0.1, -0.05) is 23.7 Å². The van der Waals surface area contributed by atoms with Gasteiger partial charge in [-0.25, -0.2) is 10.3 Å². The largest absolute Gasteiger partial charge is 0.497 e. The van der Waals surface area contributed by atoms with E-state index in [1.165, 1.54) is 13.2 Å². The third-order valence-electron chi connectivity index (χ3n) is 3.90. The monoisotopic (exact) mass is 373 g/mol. The van der Waals surface area contributed by atoms with Crippen LogP contribution in [0.5, 0.6) is 5.75 Å². The summed E-state index contributed by atoms with van der Waals surface area (Å²) in [4.78, 5) is 38.0. The van der Waals surface area contributed by atoms with Gasteiger partial charge >= 0.3 is 0 Å². The minimum atomic E-state index is -0.851. The first-order valence-corrected chi connectivity index (χ1v) is 8.19. The number of rotatable bonds is 5. The molecule has 0 spiro atoms. The molecule has 134 valence electrons. The van der Waals surface area contributed by atoms with Crippen molar-refractivity contribution in [1.29, 1.82) is 0 Å². The van der Waals surface area contributed by atoms with Gasteiger partial charge in [0.15, 0.2) is 0 Å². The highest BCUT2D eigenvalue weighted by atomic mass is 35.5. The molecule has 0 radical (unpaired) electrons.